The van der Waals surface area contributed by atoms with Crippen LogP contribution in [-0.4, -0.2) is 16.7 Å². The van der Waals surface area contributed by atoms with E-state index in [4.69, 9.17) is 9.97 Å². The smallest absolute Gasteiger partial charge is 0.252 e. The molecule has 0 spiro atoms. The first-order valence-corrected chi connectivity index (χ1v) is 25.5. The van der Waals surface area contributed by atoms with Crippen molar-refractivity contribution in [2.75, 3.05) is 9.80 Å². The van der Waals surface area contributed by atoms with E-state index in [1.165, 1.54) is 61.1 Å². The summed E-state index contributed by atoms with van der Waals surface area (Å²) in [6.07, 6.45) is 6.69. The summed E-state index contributed by atoms with van der Waals surface area (Å²) in [5.74, 6) is 0.681. The van der Waals surface area contributed by atoms with Gasteiger partial charge in [0.15, 0.2) is 5.82 Å². The monoisotopic (exact) mass is 914 g/mol. The molecule has 2 aliphatic heterocycles. The van der Waals surface area contributed by atoms with Gasteiger partial charge in [-0.05, 0) is 130 Å². The highest BCUT2D eigenvalue weighted by Crippen LogP contribution is 2.47. The topological polar surface area (TPSA) is 32.3 Å². The lowest BCUT2D eigenvalue weighted by molar-refractivity contribution is 0.795. The van der Waals surface area contributed by atoms with E-state index >= 15 is 0 Å². The number of aryl methyl sites for hydroxylation is 2. The van der Waals surface area contributed by atoms with E-state index in [1.807, 2.05) is 0 Å². The molecule has 0 N–H and O–H groups in total. The summed E-state index contributed by atoms with van der Waals surface area (Å²) < 4.78 is 0. The minimum absolute atomic E-state index is 0.0154. The predicted octanol–water partition coefficient (Wildman–Crippen LogP) is 15.6. The first-order valence-electron chi connectivity index (χ1n) is 25.5. The largest absolute Gasteiger partial charge is 0.311 e. The molecule has 71 heavy (non-hydrogen) atoms. The Kier molecular flexibility index (Phi) is 11.9. The number of nitrogens with zero attached hydrogens (tertiary/aromatic N) is 4. The first kappa shape index (κ1) is 44.0. The van der Waals surface area contributed by atoms with Crippen LogP contribution in [0.5, 0.6) is 0 Å². The second-order valence-corrected chi connectivity index (χ2v) is 19.0. The molecule has 0 amide bonds. The van der Waals surface area contributed by atoms with Gasteiger partial charge in [0.1, 0.15) is 0 Å². The van der Waals surface area contributed by atoms with Crippen molar-refractivity contribution in [2.24, 2.45) is 0 Å². The van der Waals surface area contributed by atoms with Gasteiger partial charge in [0.05, 0.1) is 11.4 Å². The van der Waals surface area contributed by atoms with Gasteiger partial charge >= 0.3 is 0 Å². The van der Waals surface area contributed by atoms with Crippen LogP contribution in [0.2, 0.25) is 0 Å². The molecule has 0 atom stereocenters. The standard InChI is InChI=1S/C66H55BN4/c1-3-5-19-46-29-39-61-57(41-46)67-58-42-47(20-6-4-2)30-40-62(58)71(56-37-33-51(34-38-56)49-23-13-8-14-24-49)64-44-54(43-63(65(64)67)70(61)55-35-31-50(32-36-55)48-21-11-7-12-22-48)66-68-59(52-25-15-9-16-26-52)45-60(69-66)53-27-17-10-18-28-53/h7-18,21-45H,3-6,19-20H2,1-2H3. The van der Waals surface area contributed by atoms with E-state index in [1.54, 1.807) is 0 Å². The third-order valence-corrected chi connectivity index (χ3v) is 14.4. The van der Waals surface area contributed by atoms with E-state index in [0.29, 0.717) is 5.82 Å². The Balaban J connectivity index is 1.15. The normalized spacial score (nSPS) is 12.3. The number of hydrogen-bond donors (Lipinski definition) is 0. The molecule has 1 aromatic heterocycles. The molecule has 0 saturated carbocycles. The second kappa shape index (κ2) is 19.3. The maximum absolute atomic E-state index is 5.47. The molecule has 3 heterocycles. The molecule has 0 saturated heterocycles. The molecule has 12 rings (SSSR count). The quantitative estimate of drug-likeness (QED) is 0.108. The van der Waals surface area contributed by atoms with E-state index in [0.717, 1.165) is 89.4 Å². The molecule has 5 heteroatoms. The van der Waals surface area contributed by atoms with Crippen LogP contribution in [0.4, 0.5) is 34.1 Å². The summed E-state index contributed by atoms with van der Waals surface area (Å²) in [6.45, 7) is 4.56. The Labute approximate surface area is 419 Å². The van der Waals surface area contributed by atoms with Crippen LogP contribution in [0.15, 0.2) is 224 Å². The molecule has 0 radical (unpaired) electrons. The van der Waals surface area contributed by atoms with E-state index in [2.05, 4.69) is 248 Å². The molecule has 9 aromatic carbocycles. The van der Waals surface area contributed by atoms with Gasteiger partial charge in [-0.15, -0.1) is 0 Å². The van der Waals surface area contributed by atoms with Gasteiger partial charge < -0.3 is 9.80 Å². The fourth-order valence-electron chi connectivity index (χ4n) is 10.8. The number of benzene rings is 9. The average Bonchev–Trinajstić information content (AvgIpc) is 3.44. The molecule has 10 aromatic rings. The van der Waals surface area contributed by atoms with Crippen LogP contribution in [0.1, 0.15) is 50.7 Å². The van der Waals surface area contributed by atoms with Crippen LogP contribution in [0, 0.1) is 0 Å². The van der Waals surface area contributed by atoms with Gasteiger partial charge in [-0.2, -0.15) is 0 Å². The molecule has 0 fully saturated rings. The van der Waals surface area contributed by atoms with E-state index in [9.17, 15) is 0 Å². The zero-order valence-electron chi connectivity index (χ0n) is 40.5. The summed E-state index contributed by atoms with van der Waals surface area (Å²) in [4.78, 5) is 16.0. The van der Waals surface area contributed by atoms with Gasteiger partial charge in [-0.1, -0.05) is 197 Å². The van der Waals surface area contributed by atoms with Crippen molar-refractivity contribution < 1.29 is 0 Å². The number of aromatic nitrogens is 2. The molecule has 2 aliphatic rings. The Bertz CT molecular complexity index is 3260. The third-order valence-electron chi connectivity index (χ3n) is 14.4. The van der Waals surface area contributed by atoms with Gasteiger partial charge in [0, 0.05) is 50.8 Å². The zero-order valence-corrected chi connectivity index (χ0v) is 40.5. The number of fused-ring (bicyclic) bond motifs is 4. The molecule has 0 aliphatic carbocycles. The summed E-state index contributed by atoms with van der Waals surface area (Å²) >= 11 is 0. The van der Waals surface area contributed by atoms with Crippen LogP contribution >= 0.6 is 0 Å². The van der Waals surface area contributed by atoms with Gasteiger partial charge in [0.2, 0.25) is 0 Å². The zero-order chi connectivity index (χ0) is 47.7. The van der Waals surface area contributed by atoms with Crippen molar-refractivity contribution in [1.29, 1.82) is 0 Å². The lowest BCUT2D eigenvalue weighted by Gasteiger charge is -2.44. The van der Waals surface area contributed by atoms with Gasteiger partial charge in [0.25, 0.3) is 6.71 Å². The SMILES string of the molecule is CCCCc1ccc2c(c1)B1c3cc(CCCC)ccc3N(c3ccc(-c4ccccc4)cc3)c3cc(-c4nc(-c5ccccc5)cc(-c5ccccc5)n4)cc(c31)N2c1ccc(-c2ccccc2)cc1. The number of rotatable bonds is 13. The van der Waals surface area contributed by atoms with Gasteiger partial charge in [-0.25, -0.2) is 9.97 Å². The van der Waals surface area contributed by atoms with E-state index in [-0.39, 0.29) is 6.71 Å². The molecular weight excluding hydrogens is 860 g/mol. The second-order valence-electron chi connectivity index (χ2n) is 19.0. The minimum Gasteiger partial charge on any atom is -0.311 e. The molecule has 0 unspecified atom stereocenters. The fraction of sp³-hybridized carbons (Fsp3) is 0.121. The predicted molar refractivity (Wildman–Crippen MR) is 300 cm³/mol. The highest BCUT2D eigenvalue weighted by Gasteiger charge is 2.44. The highest BCUT2D eigenvalue weighted by atomic mass is 15.2. The van der Waals surface area contributed by atoms with Crippen molar-refractivity contribution in [2.45, 2.75) is 52.4 Å². The van der Waals surface area contributed by atoms with Crippen molar-refractivity contribution in [3.63, 3.8) is 0 Å². The Morgan fingerprint density at radius 3 is 1.13 bits per heavy atom. The lowest BCUT2D eigenvalue weighted by atomic mass is 9.33. The maximum atomic E-state index is 5.47. The molecular formula is C66H55BN4. The Hall–Kier alpha value is -8.28. The Morgan fingerprint density at radius 2 is 0.732 bits per heavy atom. The summed E-state index contributed by atoms with van der Waals surface area (Å²) in [5, 5.41) is 0. The van der Waals surface area contributed by atoms with Crippen LogP contribution in [0.25, 0.3) is 56.2 Å². The van der Waals surface area contributed by atoms with Gasteiger partial charge in [-0.3, -0.25) is 0 Å². The van der Waals surface area contributed by atoms with E-state index < -0.39 is 0 Å². The molecule has 342 valence electrons. The summed E-state index contributed by atoms with van der Waals surface area (Å²) in [6, 6.07) is 82.2. The van der Waals surface area contributed by atoms with Crippen molar-refractivity contribution >= 4 is 57.2 Å². The van der Waals surface area contributed by atoms with Crippen LogP contribution in [-0.2, 0) is 12.8 Å². The number of hydrogen-bond acceptors (Lipinski definition) is 4. The number of anilines is 6. The summed E-state index contributed by atoms with van der Waals surface area (Å²) in [5.41, 5.74) is 23.2. The Morgan fingerprint density at radius 1 is 0.352 bits per heavy atom. The highest BCUT2D eigenvalue weighted by molar-refractivity contribution is 7.00. The fourth-order valence-corrected chi connectivity index (χ4v) is 10.8. The lowest BCUT2D eigenvalue weighted by Crippen LogP contribution is -2.61. The minimum atomic E-state index is -0.0154. The summed E-state index contributed by atoms with van der Waals surface area (Å²) in [7, 11) is 0. The van der Waals surface area contributed by atoms with Crippen LogP contribution in [0.3, 0.4) is 0 Å². The maximum Gasteiger partial charge on any atom is 0.252 e. The number of unbranched alkanes of at least 4 members (excludes halogenated alkanes) is 2. The van der Waals surface area contributed by atoms with Crippen molar-refractivity contribution in [3.8, 4) is 56.2 Å². The average molecular weight is 915 g/mol. The first-order chi connectivity index (χ1) is 35.1. The molecule has 4 nitrogen and oxygen atoms in total. The van der Waals surface area contributed by atoms with Crippen molar-refractivity contribution in [1.82, 2.24) is 9.97 Å². The molecule has 0 bridgehead atoms. The third kappa shape index (κ3) is 8.42. The van der Waals surface area contributed by atoms with Crippen LogP contribution < -0.4 is 26.2 Å². The van der Waals surface area contributed by atoms with Crippen molar-refractivity contribution in [3.05, 3.63) is 236 Å².